The molecule has 3 rings (SSSR count). The second-order valence-electron chi connectivity index (χ2n) is 4.23. The van der Waals surface area contributed by atoms with Crippen LogP contribution in [0.15, 0.2) is 48.5 Å². The van der Waals surface area contributed by atoms with E-state index in [2.05, 4.69) is 17.0 Å². The highest BCUT2D eigenvalue weighted by Crippen LogP contribution is 2.46. The third-order valence-corrected chi connectivity index (χ3v) is 3.31. The van der Waals surface area contributed by atoms with Crippen LogP contribution >= 0.6 is 11.6 Å². The molecule has 0 spiro atoms. The van der Waals surface area contributed by atoms with Crippen LogP contribution in [0.5, 0.6) is 11.5 Å². The summed E-state index contributed by atoms with van der Waals surface area (Å²) in [5.74, 6) is 2.48. The zero-order valence-corrected chi connectivity index (χ0v) is 10.7. The minimum absolute atomic E-state index is 0.668. The molecule has 0 saturated heterocycles. The largest absolute Gasteiger partial charge is 0.453 e. The maximum atomic E-state index is 5.91. The Hall–Kier alpha value is -1.67. The number of anilines is 2. The Bertz CT molecular complexity index is 510. The average Bonchev–Trinajstić information content (AvgIpc) is 2.43. The predicted molar refractivity (Wildman–Crippen MR) is 75.3 cm³/mol. The quantitative estimate of drug-likeness (QED) is 0.750. The minimum Gasteiger partial charge on any atom is -0.453 e. The zero-order chi connectivity index (χ0) is 12.4. The summed E-state index contributed by atoms with van der Waals surface area (Å²) in [6.07, 6.45) is 0.949. The van der Waals surface area contributed by atoms with Gasteiger partial charge in [-0.3, -0.25) is 0 Å². The molecule has 0 amide bonds. The third-order valence-electron chi connectivity index (χ3n) is 3.05. The summed E-state index contributed by atoms with van der Waals surface area (Å²) in [4.78, 5) is 2.27. The number of hydrogen-bond donors (Lipinski definition) is 0. The number of hydrogen-bond acceptors (Lipinski definition) is 2. The van der Waals surface area contributed by atoms with Crippen molar-refractivity contribution in [2.24, 2.45) is 0 Å². The maximum Gasteiger partial charge on any atom is 0.151 e. The van der Waals surface area contributed by atoms with Gasteiger partial charge in [-0.1, -0.05) is 24.3 Å². The number of benzene rings is 2. The molecule has 2 nitrogen and oxygen atoms in total. The van der Waals surface area contributed by atoms with Gasteiger partial charge in [-0.25, -0.2) is 0 Å². The summed E-state index contributed by atoms with van der Waals surface area (Å²) in [7, 11) is 0. The van der Waals surface area contributed by atoms with E-state index in [1.165, 1.54) is 0 Å². The monoisotopic (exact) mass is 259 g/mol. The lowest BCUT2D eigenvalue weighted by Crippen LogP contribution is -2.22. The second-order valence-corrected chi connectivity index (χ2v) is 4.61. The second kappa shape index (κ2) is 4.91. The average molecular weight is 260 g/mol. The molecule has 0 N–H and O–H groups in total. The fraction of sp³-hybridized carbons (Fsp3) is 0.200. The molecule has 2 aromatic carbocycles. The van der Waals surface area contributed by atoms with Crippen molar-refractivity contribution in [1.29, 1.82) is 0 Å². The van der Waals surface area contributed by atoms with Crippen LogP contribution in [0, 0.1) is 0 Å². The molecular weight excluding hydrogens is 246 g/mol. The summed E-state index contributed by atoms with van der Waals surface area (Å²) >= 11 is 5.82. The van der Waals surface area contributed by atoms with Gasteiger partial charge in [0.2, 0.25) is 0 Å². The topological polar surface area (TPSA) is 12.5 Å². The van der Waals surface area contributed by atoms with Crippen LogP contribution in [0.3, 0.4) is 0 Å². The first-order valence-corrected chi connectivity index (χ1v) is 6.63. The first-order valence-electron chi connectivity index (χ1n) is 6.09. The lowest BCUT2D eigenvalue weighted by molar-refractivity contribution is 0.473. The highest BCUT2D eigenvalue weighted by Gasteiger charge is 2.22. The first kappa shape index (κ1) is 11.4. The van der Waals surface area contributed by atoms with Gasteiger partial charge < -0.3 is 9.64 Å². The molecule has 0 fully saturated rings. The fourth-order valence-electron chi connectivity index (χ4n) is 2.24. The maximum absolute atomic E-state index is 5.91. The van der Waals surface area contributed by atoms with Crippen LogP contribution < -0.4 is 9.64 Å². The molecule has 0 aliphatic carbocycles. The normalized spacial score (nSPS) is 12.6. The number of alkyl halides is 1. The summed E-state index contributed by atoms with van der Waals surface area (Å²) in [6, 6.07) is 16.2. The van der Waals surface area contributed by atoms with Crippen molar-refractivity contribution in [1.82, 2.24) is 0 Å². The molecule has 1 aliphatic heterocycles. The lowest BCUT2D eigenvalue weighted by Gasteiger charge is -2.32. The van der Waals surface area contributed by atoms with Gasteiger partial charge in [0.25, 0.3) is 0 Å². The van der Waals surface area contributed by atoms with Gasteiger partial charge in [-0.05, 0) is 30.7 Å². The standard InChI is InChI=1S/C15H14ClNO/c16-10-5-11-17-12-6-1-3-8-14(12)18-15-9-4-2-7-13(15)17/h1-4,6-9H,5,10-11H2. The van der Waals surface area contributed by atoms with E-state index in [4.69, 9.17) is 16.3 Å². The minimum atomic E-state index is 0.668. The number of halogens is 1. The van der Waals surface area contributed by atoms with Crippen molar-refractivity contribution in [3.05, 3.63) is 48.5 Å². The van der Waals surface area contributed by atoms with E-state index >= 15 is 0 Å². The third kappa shape index (κ3) is 1.93. The Morgan fingerprint density at radius 3 is 2.00 bits per heavy atom. The molecule has 1 aliphatic rings. The van der Waals surface area contributed by atoms with Crippen molar-refractivity contribution in [2.75, 3.05) is 17.3 Å². The molecule has 3 heteroatoms. The van der Waals surface area contributed by atoms with E-state index in [1.54, 1.807) is 0 Å². The molecule has 18 heavy (non-hydrogen) atoms. The Morgan fingerprint density at radius 2 is 1.44 bits per heavy atom. The van der Waals surface area contributed by atoms with Crippen LogP contribution in [0.25, 0.3) is 0 Å². The number of rotatable bonds is 3. The van der Waals surface area contributed by atoms with Crippen molar-refractivity contribution < 1.29 is 4.74 Å². The van der Waals surface area contributed by atoms with Gasteiger partial charge in [-0.15, -0.1) is 11.6 Å². The Morgan fingerprint density at radius 1 is 0.889 bits per heavy atom. The molecule has 0 aromatic heterocycles. The molecule has 0 radical (unpaired) electrons. The summed E-state index contributed by atoms with van der Waals surface area (Å²) in [6.45, 7) is 0.904. The summed E-state index contributed by atoms with van der Waals surface area (Å²) in [5, 5.41) is 0. The number of ether oxygens (including phenoxy) is 1. The number of nitrogens with zero attached hydrogens (tertiary/aromatic N) is 1. The number of para-hydroxylation sites is 4. The van der Waals surface area contributed by atoms with Gasteiger partial charge in [0.15, 0.2) is 11.5 Å². The van der Waals surface area contributed by atoms with E-state index in [0.29, 0.717) is 5.88 Å². The smallest absolute Gasteiger partial charge is 0.151 e. The van der Waals surface area contributed by atoms with Crippen LogP contribution in [0.1, 0.15) is 6.42 Å². The lowest BCUT2D eigenvalue weighted by atomic mass is 10.1. The van der Waals surface area contributed by atoms with Gasteiger partial charge in [-0.2, -0.15) is 0 Å². The van der Waals surface area contributed by atoms with Crippen molar-refractivity contribution in [3.63, 3.8) is 0 Å². The van der Waals surface area contributed by atoms with Crippen molar-refractivity contribution in [3.8, 4) is 11.5 Å². The zero-order valence-electron chi connectivity index (χ0n) is 9.97. The van der Waals surface area contributed by atoms with E-state index in [0.717, 1.165) is 35.8 Å². The molecule has 1 heterocycles. The number of fused-ring (bicyclic) bond motifs is 2. The van der Waals surface area contributed by atoms with Crippen LogP contribution in [0.4, 0.5) is 11.4 Å². The predicted octanol–water partition coefficient (Wildman–Crippen LogP) is 4.56. The highest BCUT2D eigenvalue weighted by molar-refractivity contribution is 6.17. The molecule has 0 unspecified atom stereocenters. The SMILES string of the molecule is ClCCCN1c2ccccc2Oc2ccccc21. The Labute approximate surface area is 112 Å². The van der Waals surface area contributed by atoms with E-state index in [9.17, 15) is 0 Å². The molecule has 0 bridgehead atoms. The van der Waals surface area contributed by atoms with E-state index < -0.39 is 0 Å². The highest BCUT2D eigenvalue weighted by atomic mass is 35.5. The Kier molecular flexibility index (Phi) is 3.11. The first-order chi connectivity index (χ1) is 8.90. The van der Waals surface area contributed by atoms with Crippen LogP contribution in [0.2, 0.25) is 0 Å². The van der Waals surface area contributed by atoms with Crippen molar-refractivity contribution >= 4 is 23.0 Å². The van der Waals surface area contributed by atoms with Gasteiger partial charge in [0.05, 0.1) is 11.4 Å². The van der Waals surface area contributed by atoms with Gasteiger partial charge >= 0.3 is 0 Å². The van der Waals surface area contributed by atoms with E-state index in [1.807, 2.05) is 36.4 Å². The molecule has 0 atom stereocenters. The van der Waals surface area contributed by atoms with E-state index in [-0.39, 0.29) is 0 Å². The molecular formula is C15H14ClNO. The summed E-state index contributed by atoms with van der Waals surface area (Å²) in [5.41, 5.74) is 2.22. The fourth-order valence-corrected chi connectivity index (χ4v) is 2.36. The molecule has 0 saturated carbocycles. The van der Waals surface area contributed by atoms with Gasteiger partial charge in [0, 0.05) is 12.4 Å². The Balaban J connectivity index is 2.05. The van der Waals surface area contributed by atoms with Crippen LogP contribution in [-0.4, -0.2) is 12.4 Å². The van der Waals surface area contributed by atoms with Crippen LogP contribution in [-0.2, 0) is 0 Å². The van der Waals surface area contributed by atoms with Gasteiger partial charge in [0.1, 0.15) is 0 Å². The molecule has 92 valence electrons. The molecule has 2 aromatic rings. The van der Waals surface area contributed by atoms with Crippen molar-refractivity contribution in [2.45, 2.75) is 6.42 Å². The summed E-state index contributed by atoms with van der Waals surface area (Å²) < 4.78 is 5.91.